The highest BCUT2D eigenvalue weighted by Crippen LogP contribution is 2.68. The highest BCUT2D eigenvalue weighted by molar-refractivity contribution is 7.66. The molecule has 4 aromatic rings. The lowest BCUT2D eigenvalue weighted by Crippen LogP contribution is -2.62. The van der Waals surface area contributed by atoms with Crippen molar-refractivity contribution < 1.29 is 89.8 Å². The van der Waals surface area contributed by atoms with Gasteiger partial charge in [-0.05, 0) is 47.5 Å². The van der Waals surface area contributed by atoms with Crippen LogP contribution in [0.5, 0.6) is 0 Å². The molecule has 0 saturated carbocycles. The molecule has 4 aromatic heterocycles. The monoisotopic (exact) mass is 1050 g/mol. The number of H-pyrrole nitrogens is 2. The van der Waals surface area contributed by atoms with Gasteiger partial charge in [0, 0.05) is 30.0 Å². The lowest BCUT2D eigenvalue weighted by Gasteiger charge is -2.50. The number of anilines is 2. The topological polar surface area (TPSA) is 449 Å². The van der Waals surface area contributed by atoms with Crippen LogP contribution in [0.1, 0.15) is 72.8 Å². The first-order valence-electron chi connectivity index (χ1n) is 21.4. The number of piperidine rings is 1. The molecule has 4 fully saturated rings. The predicted octanol–water partition coefficient (Wildman–Crippen LogP) is -1.51. The fourth-order valence-electron chi connectivity index (χ4n) is 9.40. The normalized spacial score (nSPS) is 31.7. The number of nitrogens with two attached hydrogens (primary N) is 2. The van der Waals surface area contributed by atoms with Gasteiger partial charge in [-0.1, -0.05) is 4.98 Å². The number of hydrogen-bond donors (Lipinski definition) is 10. The summed E-state index contributed by atoms with van der Waals surface area (Å²) >= 11 is 0. The molecular formula is C35H53N12O20P3+. The summed E-state index contributed by atoms with van der Waals surface area (Å²) in [5, 5.41) is 38.3. The summed E-state index contributed by atoms with van der Waals surface area (Å²) < 4.78 is 85.2. The lowest BCUT2D eigenvalue weighted by molar-refractivity contribution is -0.745. The summed E-state index contributed by atoms with van der Waals surface area (Å²) in [5.41, 5.74) is 8.38. The standard InChI is InChI=1S/C35H52N12O20P3/c1-33(2)9-15(10-34(3,4)47(33)53)39-18(48)7-8-35(5)64-23-17(63-30(24(23)65-35)45-13-38-19-25(45)40-31(36)42-27(19)51)12-61-69(56,57)67-70(58,59)66-68(54,55)60-11-16-21(49)22(50)29(62-16)46-14-44(6)20-26(46)41-32(37)43-28(20)52/h13-17,21-24,29-30,49-50H,7-12H2,1-6H3,(H9-,36,37,39,40,41,42,43,48,51,52,54,55,56,57,58,59)/p+1/t16-,17-,21-,22-,23-,24-,29-,30-,35+/m1/s1. The van der Waals surface area contributed by atoms with Gasteiger partial charge in [-0.25, -0.2) is 23.2 Å². The minimum absolute atomic E-state index is 0.00718. The molecule has 0 aliphatic carbocycles. The van der Waals surface area contributed by atoms with Gasteiger partial charge in [-0.3, -0.25) is 42.5 Å². The van der Waals surface area contributed by atoms with Crippen LogP contribution >= 0.6 is 23.5 Å². The minimum Gasteiger partial charge on any atom is -0.387 e. The van der Waals surface area contributed by atoms with Crippen LogP contribution < -0.4 is 32.5 Å². The summed E-state index contributed by atoms with van der Waals surface area (Å²) in [7, 11) is -16.1. The molecule has 8 rings (SSSR count). The number of rotatable bonds is 16. The molecule has 0 aromatic carbocycles. The second kappa shape index (κ2) is 18.4. The van der Waals surface area contributed by atoms with Crippen molar-refractivity contribution in [2.24, 2.45) is 7.05 Å². The molecular weight excluding hydrogens is 1000 g/mol. The Labute approximate surface area is 394 Å². The summed E-state index contributed by atoms with van der Waals surface area (Å²) in [4.78, 5) is 86.5. The number of phosphoric ester groups is 2. The summed E-state index contributed by atoms with van der Waals surface area (Å²) in [6.45, 7) is 6.66. The Morgan fingerprint density at radius 3 is 2.11 bits per heavy atom. The number of aryl methyl sites for hydroxylation is 1. The molecule has 4 saturated heterocycles. The Morgan fingerprint density at radius 1 is 0.886 bits per heavy atom. The molecule has 0 bridgehead atoms. The van der Waals surface area contributed by atoms with E-state index in [0.717, 1.165) is 9.63 Å². The number of hydroxylamine groups is 2. The average molecular weight is 1050 g/mol. The first-order valence-corrected chi connectivity index (χ1v) is 25.8. The molecule has 35 heteroatoms. The van der Waals surface area contributed by atoms with Crippen molar-refractivity contribution in [2.45, 2.75) is 132 Å². The molecule has 8 heterocycles. The van der Waals surface area contributed by atoms with Gasteiger partial charge >= 0.3 is 29.1 Å². The number of aliphatic hydroxyl groups is 2. The van der Waals surface area contributed by atoms with E-state index in [4.69, 9.17) is 39.5 Å². The van der Waals surface area contributed by atoms with Crippen LogP contribution in [0.3, 0.4) is 0 Å². The zero-order chi connectivity index (χ0) is 51.3. The Kier molecular flexibility index (Phi) is 13.7. The maximum atomic E-state index is 13.3. The smallest absolute Gasteiger partial charge is 0.387 e. The predicted molar refractivity (Wildman–Crippen MR) is 231 cm³/mol. The van der Waals surface area contributed by atoms with E-state index in [9.17, 15) is 58.2 Å². The number of nitrogens with one attached hydrogen (secondary N) is 3. The van der Waals surface area contributed by atoms with Crippen molar-refractivity contribution in [1.82, 2.24) is 44.4 Å². The van der Waals surface area contributed by atoms with E-state index in [2.05, 4.69) is 38.9 Å². The van der Waals surface area contributed by atoms with Crippen LogP contribution in [-0.4, -0.2) is 143 Å². The molecule has 12 atom stereocenters. The number of ether oxygens (including phenoxy) is 4. The number of nitrogens with zero attached hydrogens (tertiary/aromatic N) is 7. The van der Waals surface area contributed by atoms with Crippen LogP contribution in [0, 0.1) is 0 Å². The van der Waals surface area contributed by atoms with Gasteiger partial charge in [0.25, 0.3) is 17.1 Å². The lowest BCUT2D eigenvalue weighted by atomic mass is 9.79. The number of aromatic amines is 2. The molecule has 12 N–H and O–H groups in total. The van der Waals surface area contributed by atoms with Gasteiger partial charge in [-0.15, -0.1) is 10.3 Å². The molecule has 70 heavy (non-hydrogen) atoms. The van der Waals surface area contributed by atoms with Gasteiger partial charge in [0.15, 0.2) is 29.5 Å². The molecule has 1 radical (unpaired) electrons. The number of phosphoric acid groups is 3. The second-order valence-electron chi connectivity index (χ2n) is 18.7. The third kappa shape index (κ3) is 10.5. The molecule has 387 valence electrons. The number of aliphatic hydroxyl groups excluding tert-OH is 2. The van der Waals surface area contributed by atoms with Crippen molar-refractivity contribution >= 4 is 63.6 Å². The Morgan fingerprint density at radius 2 is 1.47 bits per heavy atom. The minimum atomic E-state index is -6.07. The van der Waals surface area contributed by atoms with Crippen molar-refractivity contribution in [2.75, 3.05) is 24.7 Å². The first-order chi connectivity index (χ1) is 32.4. The van der Waals surface area contributed by atoms with Crippen LogP contribution in [0.25, 0.3) is 22.3 Å². The quantitative estimate of drug-likeness (QED) is 0.0451. The third-order valence-electron chi connectivity index (χ3n) is 12.2. The maximum Gasteiger partial charge on any atom is 0.490 e. The number of carbonyl (C=O) groups is 1. The fraction of sp³-hybridized carbons (Fsp3) is 0.686. The van der Waals surface area contributed by atoms with E-state index < -0.39 is 114 Å². The molecule has 1 amide bonds. The van der Waals surface area contributed by atoms with Gasteiger partial charge in [0.2, 0.25) is 23.6 Å². The number of amides is 1. The highest BCUT2D eigenvalue weighted by atomic mass is 31.3. The van der Waals surface area contributed by atoms with Crippen LogP contribution in [0.15, 0.2) is 22.2 Å². The van der Waals surface area contributed by atoms with Crippen molar-refractivity contribution in [3.8, 4) is 0 Å². The van der Waals surface area contributed by atoms with Crippen molar-refractivity contribution in [3.05, 3.63) is 33.4 Å². The summed E-state index contributed by atoms with van der Waals surface area (Å²) in [6, 6.07) is -0.315. The van der Waals surface area contributed by atoms with E-state index in [1.807, 2.05) is 0 Å². The zero-order valence-corrected chi connectivity index (χ0v) is 40.8. The molecule has 32 nitrogen and oxygen atoms in total. The highest BCUT2D eigenvalue weighted by Gasteiger charge is 2.58. The number of fused-ring (bicyclic) bond motifs is 3. The molecule has 3 unspecified atom stereocenters. The zero-order valence-electron chi connectivity index (χ0n) is 38.1. The Bertz CT molecular complexity index is 2930. The Hall–Kier alpha value is -4.14. The number of carbonyl (C=O) groups excluding carboxylic acids is 1. The first kappa shape index (κ1) is 52.2. The number of aromatic nitrogens is 8. The van der Waals surface area contributed by atoms with Crippen molar-refractivity contribution in [1.29, 1.82) is 0 Å². The van der Waals surface area contributed by atoms with Crippen LogP contribution in [0.2, 0.25) is 0 Å². The van der Waals surface area contributed by atoms with E-state index in [1.54, 1.807) is 27.7 Å². The van der Waals surface area contributed by atoms with Crippen molar-refractivity contribution in [3.63, 3.8) is 0 Å². The largest absolute Gasteiger partial charge is 0.490 e. The summed E-state index contributed by atoms with van der Waals surface area (Å²) in [6.07, 6.45) is -8.55. The molecule has 4 aliphatic heterocycles. The van der Waals surface area contributed by atoms with Gasteiger partial charge in [0.1, 0.15) is 36.6 Å². The average Bonchev–Trinajstić information content (AvgIpc) is 4.02. The van der Waals surface area contributed by atoms with E-state index in [1.165, 1.54) is 35.8 Å². The molecule has 4 aliphatic rings. The number of imidazole rings is 2. The van der Waals surface area contributed by atoms with Gasteiger partial charge < -0.3 is 60.6 Å². The van der Waals surface area contributed by atoms with Crippen LogP contribution in [0.4, 0.5) is 11.9 Å². The third-order valence-corrected chi connectivity index (χ3v) is 16.4. The maximum absolute atomic E-state index is 13.3. The summed E-state index contributed by atoms with van der Waals surface area (Å²) in [5.74, 6) is -2.45. The SMILES string of the molecule is Cn1c[n+]([C@@H]2O[C@H](COP(=O)(O)OP(=O)(O)OP(=O)(O)OC[C@H]3O[C@@H](n4cnc5c(=O)[nH]c(N)nc54)[C@@H]4O[C@@](C)(CCC(=O)NC5CC(C)(C)N([O])C(C)(C)C5)O[C@@H]43)[C@@H](O)[C@H]2O)c2nc(N)[nH]c(=O)c21. The van der Waals surface area contributed by atoms with E-state index >= 15 is 0 Å². The fourth-order valence-corrected chi connectivity index (χ4v) is 12.9. The van der Waals surface area contributed by atoms with Gasteiger partial charge in [-0.2, -0.15) is 13.6 Å². The Balaban J connectivity index is 0.908. The van der Waals surface area contributed by atoms with Crippen LogP contribution in [-0.2, 0) is 67.4 Å². The second-order valence-corrected chi connectivity index (χ2v) is 23.3. The van der Waals surface area contributed by atoms with Gasteiger partial charge in [0.05, 0.1) is 26.6 Å². The number of nitrogen functional groups attached to an aromatic ring is 2. The number of hydrogen-bond acceptors (Lipinski definition) is 22. The van der Waals surface area contributed by atoms with E-state index in [-0.39, 0.29) is 59.0 Å². The van der Waals surface area contributed by atoms with E-state index in [0.29, 0.717) is 12.8 Å². The molecule has 0 spiro atoms.